The van der Waals surface area contributed by atoms with Crippen LogP contribution in [-0.4, -0.2) is 11.0 Å². The maximum absolute atomic E-state index is 11.6. The van der Waals surface area contributed by atoms with E-state index in [-0.39, 0.29) is 5.69 Å². The molecule has 2 aromatic carbocycles. The first-order valence-corrected chi connectivity index (χ1v) is 8.84. The van der Waals surface area contributed by atoms with Crippen molar-refractivity contribution >= 4 is 29.2 Å². The van der Waals surface area contributed by atoms with Gasteiger partial charge in [0.25, 0.3) is 0 Å². The number of benzene rings is 2. The Kier molecular flexibility index (Phi) is 6.29. The van der Waals surface area contributed by atoms with Gasteiger partial charge in [-0.25, -0.2) is 9.78 Å². The summed E-state index contributed by atoms with van der Waals surface area (Å²) in [6.07, 6.45) is 0.421. The molecule has 0 aliphatic rings. The summed E-state index contributed by atoms with van der Waals surface area (Å²) >= 11 is 12.3. The lowest BCUT2D eigenvalue weighted by Crippen LogP contribution is -2.12. The Morgan fingerprint density at radius 1 is 1.00 bits per heavy atom. The number of carbonyl (C=O) groups excluding carboxylic acids is 1. The molecule has 27 heavy (non-hydrogen) atoms. The molecule has 0 amide bonds. The van der Waals surface area contributed by atoms with E-state index in [2.05, 4.69) is 9.82 Å². The lowest BCUT2D eigenvalue weighted by atomic mass is 10.1. The average molecular weight is 403 g/mol. The van der Waals surface area contributed by atoms with Crippen molar-refractivity contribution in [3.8, 4) is 5.75 Å². The minimum absolute atomic E-state index is 0.135. The smallest absolute Gasteiger partial charge is 0.375 e. The highest BCUT2D eigenvalue weighted by molar-refractivity contribution is 6.31. The van der Waals surface area contributed by atoms with Crippen LogP contribution in [0.4, 0.5) is 0 Å². The summed E-state index contributed by atoms with van der Waals surface area (Å²) in [4.78, 5) is 20.1. The zero-order chi connectivity index (χ0) is 19.2. The molecule has 5 nitrogen and oxygen atoms in total. The fourth-order valence-electron chi connectivity index (χ4n) is 2.55. The highest BCUT2D eigenvalue weighted by Gasteiger charge is 2.12. The summed E-state index contributed by atoms with van der Waals surface area (Å²) in [5.74, 6) is 4.88. The number of aromatic nitrogens is 1. The largest absolute Gasteiger partial charge is 0.489 e. The van der Waals surface area contributed by atoms with Gasteiger partial charge >= 0.3 is 5.97 Å². The van der Waals surface area contributed by atoms with Crippen LogP contribution in [0.25, 0.3) is 0 Å². The van der Waals surface area contributed by atoms with E-state index in [0.29, 0.717) is 34.5 Å². The molecule has 0 radical (unpaired) electrons. The summed E-state index contributed by atoms with van der Waals surface area (Å²) in [7, 11) is 0. The van der Waals surface area contributed by atoms with E-state index in [4.69, 9.17) is 33.8 Å². The second kappa shape index (κ2) is 8.86. The van der Waals surface area contributed by atoms with Gasteiger partial charge in [0.05, 0.1) is 0 Å². The van der Waals surface area contributed by atoms with E-state index in [1.54, 1.807) is 30.3 Å². The second-order valence-electron chi connectivity index (χ2n) is 5.73. The molecule has 0 saturated carbocycles. The fourth-order valence-corrected chi connectivity index (χ4v) is 2.93. The summed E-state index contributed by atoms with van der Waals surface area (Å²) in [6.45, 7) is 0.321. The first kappa shape index (κ1) is 19.2. The third kappa shape index (κ3) is 4.98. The Labute approximate surface area is 166 Å². The van der Waals surface area contributed by atoms with Crippen LogP contribution in [0.3, 0.4) is 0 Å². The van der Waals surface area contributed by atoms with E-state index in [9.17, 15) is 4.79 Å². The van der Waals surface area contributed by atoms with Crippen molar-refractivity contribution in [2.24, 2.45) is 5.90 Å². The Balaban J connectivity index is 1.82. The summed E-state index contributed by atoms with van der Waals surface area (Å²) in [6, 6.07) is 17.9. The lowest BCUT2D eigenvalue weighted by molar-refractivity contribution is 0.0496. The van der Waals surface area contributed by atoms with Gasteiger partial charge in [-0.15, -0.1) is 0 Å². The van der Waals surface area contributed by atoms with Crippen LogP contribution in [-0.2, 0) is 17.9 Å². The first-order valence-electron chi connectivity index (χ1n) is 8.08. The SMILES string of the molecule is NOC(=O)c1cccc(Cc2cc(Cl)ccc2OCc2ccccc2Cl)n1. The molecular weight excluding hydrogens is 387 g/mol. The molecule has 0 aliphatic heterocycles. The number of nitrogens with zero attached hydrogens (tertiary/aromatic N) is 1. The van der Waals surface area contributed by atoms with Gasteiger partial charge in [-0.1, -0.05) is 47.5 Å². The summed E-state index contributed by atoms with van der Waals surface area (Å²) < 4.78 is 5.95. The van der Waals surface area contributed by atoms with E-state index in [0.717, 1.165) is 11.1 Å². The van der Waals surface area contributed by atoms with Crippen LogP contribution in [0, 0.1) is 0 Å². The molecule has 1 heterocycles. The molecule has 0 unspecified atom stereocenters. The van der Waals surface area contributed by atoms with E-state index in [1.165, 1.54) is 6.07 Å². The van der Waals surface area contributed by atoms with E-state index >= 15 is 0 Å². The van der Waals surface area contributed by atoms with Gasteiger partial charge in [0.15, 0.2) is 0 Å². The van der Waals surface area contributed by atoms with Gasteiger partial charge in [-0.05, 0) is 36.4 Å². The lowest BCUT2D eigenvalue weighted by Gasteiger charge is -2.13. The molecule has 0 aliphatic carbocycles. The van der Waals surface area contributed by atoms with Crippen LogP contribution in [0.1, 0.15) is 27.3 Å². The summed E-state index contributed by atoms with van der Waals surface area (Å²) in [5.41, 5.74) is 2.50. The molecular formula is C20H16Cl2N2O3. The number of halogens is 2. The molecule has 0 spiro atoms. The predicted molar refractivity (Wildman–Crippen MR) is 104 cm³/mol. The molecule has 0 bridgehead atoms. The normalized spacial score (nSPS) is 10.5. The number of hydrogen-bond donors (Lipinski definition) is 1. The second-order valence-corrected chi connectivity index (χ2v) is 6.57. The average Bonchev–Trinajstić information content (AvgIpc) is 2.68. The molecule has 3 aromatic rings. The van der Waals surface area contributed by atoms with Gasteiger partial charge in [-0.2, -0.15) is 5.90 Å². The number of carbonyl (C=O) groups is 1. The molecule has 7 heteroatoms. The Bertz CT molecular complexity index is 963. The molecule has 138 valence electrons. The van der Waals surface area contributed by atoms with Crippen molar-refractivity contribution in [3.63, 3.8) is 0 Å². The molecule has 0 fully saturated rings. The highest BCUT2D eigenvalue weighted by Crippen LogP contribution is 2.27. The minimum atomic E-state index is -0.696. The van der Waals surface area contributed by atoms with Crippen molar-refractivity contribution in [3.05, 3.63) is 93.2 Å². The van der Waals surface area contributed by atoms with Gasteiger partial charge in [0.1, 0.15) is 18.1 Å². The van der Waals surface area contributed by atoms with E-state index in [1.807, 2.05) is 24.3 Å². The number of rotatable bonds is 6. The van der Waals surface area contributed by atoms with Crippen LogP contribution >= 0.6 is 23.2 Å². The third-order valence-corrected chi connectivity index (χ3v) is 4.46. The fraction of sp³-hybridized carbons (Fsp3) is 0.100. The van der Waals surface area contributed by atoms with Gasteiger partial charge in [0, 0.05) is 33.3 Å². The van der Waals surface area contributed by atoms with E-state index < -0.39 is 5.97 Å². The number of ether oxygens (including phenoxy) is 1. The Morgan fingerprint density at radius 2 is 1.81 bits per heavy atom. The van der Waals surface area contributed by atoms with Crippen LogP contribution < -0.4 is 10.6 Å². The minimum Gasteiger partial charge on any atom is -0.489 e. The van der Waals surface area contributed by atoms with Crippen LogP contribution in [0.2, 0.25) is 10.0 Å². The maximum atomic E-state index is 11.6. The molecule has 0 atom stereocenters. The monoisotopic (exact) mass is 402 g/mol. The zero-order valence-corrected chi connectivity index (χ0v) is 15.7. The van der Waals surface area contributed by atoms with Crippen LogP contribution in [0.5, 0.6) is 5.75 Å². The van der Waals surface area contributed by atoms with Crippen molar-refractivity contribution in [2.75, 3.05) is 0 Å². The van der Waals surface area contributed by atoms with Crippen molar-refractivity contribution in [2.45, 2.75) is 13.0 Å². The number of hydrogen-bond acceptors (Lipinski definition) is 5. The van der Waals surface area contributed by atoms with Gasteiger partial charge < -0.3 is 9.57 Å². The summed E-state index contributed by atoms with van der Waals surface area (Å²) in [5, 5.41) is 1.22. The maximum Gasteiger partial charge on any atom is 0.375 e. The van der Waals surface area contributed by atoms with Gasteiger partial charge in [0.2, 0.25) is 0 Å². The molecule has 1 aromatic heterocycles. The van der Waals surface area contributed by atoms with Crippen molar-refractivity contribution < 1.29 is 14.4 Å². The Morgan fingerprint density at radius 3 is 2.59 bits per heavy atom. The number of pyridine rings is 1. The molecule has 2 N–H and O–H groups in total. The third-order valence-electron chi connectivity index (χ3n) is 3.86. The first-order chi connectivity index (χ1) is 13.1. The zero-order valence-electron chi connectivity index (χ0n) is 14.2. The number of nitrogens with two attached hydrogens (primary N) is 1. The quantitative estimate of drug-likeness (QED) is 0.610. The topological polar surface area (TPSA) is 74.4 Å². The van der Waals surface area contributed by atoms with Crippen molar-refractivity contribution in [1.82, 2.24) is 4.98 Å². The molecule has 3 rings (SSSR count). The highest BCUT2D eigenvalue weighted by atomic mass is 35.5. The predicted octanol–water partition coefficient (Wildman–Crippen LogP) is 4.59. The Hall–Kier alpha value is -2.60. The molecule has 0 saturated heterocycles. The van der Waals surface area contributed by atoms with Crippen LogP contribution in [0.15, 0.2) is 60.7 Å². The van der Waals surface area contributed by atoms with Gasteiger partial charge in [-0.3, -0.25) is 0 Å². The van der Waals surface area contributed by atoms with Crippen molar-refractivity contribution in [1.29, 1.82) is 0 Å². The standard InChI is InChI=1S/C20H16Cl2N2O3/c21-15-8-9-19(26-12-13-4-1-2-6-17(13)22)14(10-15)11-16-5-3-7-18(24-16)20(25)27-23/h1-10H,11-12,23H2.